The molecule has 0 aliphatic rings. The zero-order valence-corrected chi connectivity index (χ0v) is 19.6. The average molecular weight is 476 g/mol. The molecule has 0 aromatic heterocycles. The number of aryl methyl sites for hydroxylation is 2. The fraction of sp³-hybridized carbons (Fsp3) is 0.136. The van der Waals surface area contributed by atoms with Gasteiger partial charge in [-0.1, -0.05) is 17.7 Å². The van der Waals surface area contributed by atoms with Crippen LogP contribution < -0.4 is 20.1 Å². The minimum Gasteiger partial charge on any atom is -0.495 e. The highest BCUT2D eigenvalue weighted by Gasteiger charge is 2.17. The van der Waals surface area contributed by atoms with Crippen LogP contribution in [0.1, 0.15) is 11.1 Å². The third kappa shape index (κ3) is 6.10. The van der Waals surface area contributed by atoms with Crippen molar-refractivity contribution in [2.45, 2.75) is 18.7 Å². The van der Waals surface area contributed by atoms with E-state index in [9.17, 15) is 8.42 Å². The fourth-order valence-electron chi connectivity index (χ4n) is 3.01. The third-order valence-electron chi connectivity index (χ3n) is 4.31. The summed E-state index contributed by atoms with van der Waals surface area (Å²) in [5, 5.41) is 7.06. The summed E-state index contributed by atoms with van der Waals surface area (Å²) in [6.45, 7) is 4.02. The Bertz CT molecular complexity index is 1190. The Morgan fingerprint density at radius 2 is 1.55 bits per heavy atom. The SMILES string of the molecule is COc1cc(S(=O)(=O)Nc2ccc(Cl)cc2)ccc1NC(=S)Nc1cc(C)cc(C)c1. The van der Waals surface area contributed by atoms with Gasteiger partial charge in [-0.3, -0.25) is 4.72 Å². The number of thiocarbonyl (C=S) groups is 1. The van der Waals surface area contributed by atoms with Crippen LogP contribution in [-0.4, -0.2) is 20.6 Å². The van der Waals surface area contributed by atoms with Crippen molar-refractivity contribution in [3.8, 4) is 5.75 Å². The predicted molar refractivity (Wildman–Crippen MR) is 131 cm³/mol. The van der Waals surface area contributed by atoms with E-state index in [2.05, 4.69) is 21.4 Å². The molecule has 0 atom stereocenters. The number of hydrogen-bond acceptors (Lipinski definition) is 4. The lowest BCUT2D eigenvalue weighted by atomic mass is 10.1. The quantitative estimate of drug-likeness (QED) is 0.404. The van der Waals surface area contributed by atoms with Crippen molar-refractivity contribution in [3.05, 3.63) is 76.8 Å². The number of rotatable bonds is 6. The topological polar surface area (TPSA) is 79.5 Å². The molecule has 9 heteroatoms. The van der Waals surface area contributed by atoms with Crippen LogP contribution in [0.15, 0.2) is 65.6 Å². The van der Waals surface area contributed by atoms with Gasteiger partial charge in [0, 0.05) is 22.5 Å². The molecule has 3 rings (SSSR count). The lowest BCUT2D eigenvalue weighted by Gasteiger charge is -2.16. The standard InChI is InChI=1S/C22H22ClN3O3S2/c1-14-10-15(2)12-18(11-14)24-22(30)25-20-9-8-19(13-21(20)29-3)31(27,28)26-17-6-4-16(23)5-7-17/h4-13,26H,1-3H3,(H2,24,25,30). The number of nitrogens with one attached hydrogen (secondary N) is 3. The molecule has 0 spiro atoms. The van der Waals surface area contributed by atoms with Crippen molar-refractivity contribution in [2.24, 2.45) is 0 Å². The van der Waals surface area contributed by atoms with E-state index < -0.39 is 10.0 Å². The van der Waals surface area contributed by atoms with Crippen LogP contribution >= 0.6 is 23.8 Å². The molecule has 3 aromatic carbocycles. The highest BCUT2D eigenvalue weighted by atomic mass is 35.5. The molecule has 0 saturated heterocycles. The second kappa shape index (κ2) is 9.55. The van der Waals surface area contributed by atoms with E-state index in [1.165, 1.54) is 19.2 Å². The average Bonchev–Trinajstić information content (AvgIpc) is 2.69. The molecule has 6 nitrogen and oxygen atoms in total. The van der Waals surface area contributed by atoms with E-state index in [1.54, 1.807) is 30.3 Å². The second-order valence-corrected chi connectivity index (χ2v) is 9.46. The molecule has 0 unspecified atom stereocenters. The zero-order valence-electron chi connectivity index (χ0n) is 17.2. The molecule has 3 aromatic rings. The molecule has 0 amide bonds. The smallest absolute Gasteiger partial charge is 0.262 e. The zero-order chi connectivity index (χ0) is 22.6. The van der Waals surface area contributed by atoms with Gasteiger partial charge in [-0.2, -0.15) is 0 Å². The Morgan fingerprint density at radius 1 is 0.903 bits per heavy atom. The largest absolute Gasteiger partial charge is 0.495 e. The van der Waals surface area contributed by atoms with Crippen molar-refractivity contribution in [3.63, 3.8) is 0 Å². The van der Waals surface area contributed by atoms with Gasteiger partial charge in [-0.25, -0.2) is 8.42 Å². The summed E-state index contributed by atoms with van der Waals surface area (Å²) in [7, 11) is -2.35. The van der Waals surface area contributed by atoms with Crippen molar-refractivity contribution < 1.29 is 13.2 Å². The highest BCUT2D eigenvalue weighted by Crippen LogP contribution is 2.29. The number of anilines is 3. The predicted octanol–water partition coefficient (Wildman–Crippen LogP) is 5.58. The summed E-state index contributed by atoms with van der Waals surface area (Å²) in [4.78, 5) is 0.0537. The van der Waals surface area contributed by atoms with Crippen LogP contribution in [-0.2, 0) is 10.0 Å². The Hall–Kier alpha value is -2.81. The Balaban J connectivity index is 1.77. The van der Waals surface area contributed by atoms with Gasteiger partial charge in [0.1, 0.15) is 5.75 Å². The van der Waals surface area contributed by atoms with Crippen molar-refractivity contribution in [1.29, 1.82) is 0 Å². The number of methoxy groups -OCH3 is 1. The Kier molecular flexibility index (Phi) is 7.04. The first-order valence-corrected chi connectivity index (χ1v) is 11.6. The third-order valence-corrected chi connectivity index (χ3v) is 6.14. The van der Waals surface area contributed by atoms with E-state index in [0.717, 1.165) is 16.8 Å². The summed E-state index contributed by atoms with van der Waals surface area (Å²) < 4.78 is 33.4. The van der Waals surface area contributed by atoms with Gasteiger partial charge < -0.3 is 15.4 Å². The number of ether oxygens (including phenoxy) is 1. The van der Waals surface area contributed by atoms with Crippen LogP contribution in [0, 0.1) is 13.8 Å². The summed E-state index contributed by atoms with van der Waals surface area (Å²) in [5.74, 6) is 0.337. The minimum atomic E-state index is -3.81. The molecule has 0 fully saturated rings. The normalized spacial score (nSPS) is 11.0. The van der Waals surface area contributed by atoms with Gasteiger partial charge in [0.25, 0.3) is 10.0 Å². The van der Waals surface area contributed by atoms with Gasteiger partial charge in [0.15, 0.2) is 5.11 Å². The van der Waals surface area contributed by atoms with Crippen molar-refractivity contribution in [1.82, 2.24) is 0 Å². The maximum atomic E-state index is 12.7. The van der Waals surface area contributed by atoms with Gasteiger partial charge in [0.05, 0.1) is 17.7 Å². The lowest BCUT2D eigenvalue weighted by molar-refractivity contribution is 0.415. The molecular formula is C22H22ClN3O3S2. The van der Waals surface area contributed by atoms with Crippen LogP contribution in [0.5, 0.6) is 5.75 Å². The van der Waals surface area contributed by atoms with Crippen LogP contribution in [0.2, 0.25) is 5.02 Å². The van der Waals surface area contributed by atoms with Gasteiger partial charge in [-0.15, -0.1) is 0 Å². The molecule has 162 valence electrons. The number of hydrogen-bond donors (Lipinski definition) is 3. The molecule has 0 saturated carbocycles. The number of halogens is 1. The summed E-state index contributed by atoms with van der Waals surface area (Å²) in [6, 6.07) is 16.9. The van der Waals surface area contributed by atoms with Crippen LogP contribution in [0.4, 0.5) is 17.1 Å². The van der Waals surface area contributed by atoms with E-state index in [0.29, 0.717) is 27.3 Å². The van der Waals surface area contributed by atoms with E-state index in [1.807, 2.05) is 26.0 Å². The maximum absolute atomic E-state index is 12.7. The van der Waals surface area contributed by atoms with E-state index in [4.69, 9.17) is 28.6 Å². The fourth-order valence-corrected chi connectivity index (χ4v) is 4.43. The van der Waals surface area contributed by atoms with Crippen molar-refractivity contribution >= 4 is 56.0 Å². The first-order valence-electron chi connectivity index (χ1n) is 9.29. The number of benzene rings is 3. The maximum Gasteiger partial charge on any atom is 0.262 e. The van der Waals surface area contributed by atoms with Crippen molar-refractivity contribution in [2.75, 3.05) is 22.5 Å². The molecule has 0 radical (unpaired) electrons. The molecule has 0 aliphatic heterocycles. The van der Waals surface area contributed by atoms with Gasteiger partial charge in [-0.05, 0) is 85.7 Å². The molecule has 0 aliphatic carbocycles. The first-order chi connectivity index (χ1) is 14.7. The summed E-state index contributed by atoms with van der Waals surface area (Å²) in [5.41, 5.74) is 4.04. The number of sulfonamides is 1. The van der Waals surface area contributed by atoms with E-state index in [-0.39, 0.29) is 4.90 Å². The second-order valence-electron chi connectivity index (χ2n) is 6.93. The minimum absolute atomic E-state index is 0.0537. The first kappa shape index (κ1) is 22.9. The van der Waals surface area contributed by atoms with E-state index >= 15 is 0 Å². The monoisotopic (exact) mass is 475 g/mol. The van der Waals surface area contributed by atoms with Crippen LogP contribution in [0.3, 0.4) is 0 Å². The Labute approximate surface area is 192 Å². The van der Waals surface area contributed by atoms with Gasteiger partial charge in [0.2, 0.25) is 0 Å². The molecule has 3 N–H and O–H groups in total. The molecule has 0 heterocycles. The summed E-state index contributed by atoms with van der Waals surface area (Å²) in [6.07, 6.45) is 0. The Morgan fingerprint density at radius 3 is 2.16 bits per heavy atom. The lowest BCUT2D eigenvalue weighted by Crippen LogP contribution is -2.20. The molecular weight excluding hydrogens is 454 g/mol. The summed E-state index contributed by atoms with van der Waals surface area (Å²) >= 11 is 11.2. The molecule has 0 bridgehead atoms. The molecule has 31 heavy (non-hydrogen) atoms. The van der Waals surface area contributed by atoms with Crippen LogP contribution in [0.25, 0.3) is 0 Å². The van der Waals surface area contributed by atoms with Gasteiger partial charge >= 0.3 is 0 Å². The highest BCUT2D eigenvalue weighted by molar-refractivity contribution is 7.92.